The Bertz CT molecular complexity index is 1490. The van der Waals surface area contributed by atoms with Crippen LogP contribution in [-0.4, -0.2) is 42.7 Å². The normalized spacial score (nSPS) is 16.6. The van der Waals surface area contributed by atoms with Crippen LogP contribution in [-0.2, 0) is 29.6 Å². The van der Waals surface area contributed by atoms with Crippen molar-refractivity contribution in [3.8, 4) is 5.75 Å². The minimum atomic E-state index is -3.10. The third-order valence-electron chi connectivity index (χ3n) is 7.22. The van der Waals surface area contributed by atoms with Gasteiger partial charge in [0.25, 0.3) is 5.56 Å². The van der Waals surface area contributed by atoms with E-state index in [1.54, 1.807) is 15.1 Å². The maximum Gasteiger partial charge on any atom is 0.258 e. The fourth-order valence-electron chi connectivity index (χ4n) is 5.02. The van der Waals surface area contributed by atoms with Gasteiger partial charge in [0.2, 0.25) is 10.0 Å². The van der Waals surface area contributed by atoms with Gasteiger partial charge < -0.3 is 10.1 Å². The molecule has 1 aliphatic carbocycles. The van der Waals surface area contributed by atoms with Gasteiger partial charge in [-0.2, -0.15) is 0 Å². The second-order valence-electron chi connectivity index (χ2n) is 9.97. The molecule has 3 aromatic rings. The van der Waals surface area contributed by atoms with E-state index in [-0.39, 0.29) is 5.56 Å². The Kier molecular flexibility index (Phi) is 8.04. The summed E-state index contributed by atoms with van der Waals surface area (Å²) in [5.41, 5.74) is 5.45. The fraction of sp³-hybridized carbons (Fsp3) is 0.345. The van der Waals surface area contributed by atoms with Gasteiger partial charge in [-0.1, -0.05) is 41.9 Å². The first-order valence-corrected chi connectivity index (χ1v) is 15.1. The first-order chi connectivity index (χ1) is 18.2. The van der Waals surface area contributed by atoms with Gasteiger partial charge in [0, 0.05) is 48.7 Å². The zero-order chi connectivity index (χ0) is 26.7. The summed E-state index contributed by atoms with van der Waals surface area (Å²) in [5.74, 6) is 0.539. The van der Waals surface area contributed by atoms with Gasteiger partial charge in [0.05, 0.1) is 6.26 Å². The van der Waals surface area contributed by atoms with E-state index in [1.807, 2.05) is 30.3 Å². The quantitative estimate of drug-likeness (QED) is 0.443. The fourth-order valence-corrected chi connectivity index (χ4v) is 6.02. The smallest absolute Gasteiger partial charge is 0.258 e. The molecule has 0 unspecified atom stereocenters. The van der Waals surface area contributed by atoms with E-state index in [0.717, 1.165) is 49.1 Å². The van der Waals surface area contributed by atoms with Crippen molar-refractivity contribution in [2.75, 3.05) is 19.3 Å². The van der Waals surface area contributed by atoms with Gasteiger partial charge >= 0.3 is 0 Å². The van der Waals surface area contributed by atoms with Crippen LogP contribution in [0.15, 0.2) is 65.6 Å². The van der Waals surface area contributed by atoms with Crippen molar-refractivity contribution >= 4 is 33.4 Å². The lowest BCUT2D eigenvalue weighted by molar-refractivity contribution is 0.290. The van der Waals surface area contributed by atoms with Crippen LogP contribution in [0.25, 0.3) is 11.8 Å². The van der Waals surface area contributed by atoms with E-state index in [4.69, 9.17) is 16.3 Å². The van der Waals surface area contributed by atoms with Gasteiger partial charge in [-0.15, -0.1) is 0 Å². The predicted octanol–water partition coefficient (Wildman–Crippen LogP) is 4.54. The molecule has 0 radical (unpaired) electrons. The van der Waals surface area contributed by atoms with Crippen molar-refractivity contribution in [1.29, 1.82) is 0 Å². The molecular weight excluding hydrogens is 522 g/mol. The molecule has 0 spiro atoms. The summed E-state index contributed by atoms with van der Waals surface area (Å²) in [4.78, 5) is 12.9. The van der Waals surface area contributed by atoms with E-state index in [1.165, 1.54) is 23.4 Å². The van der Waals surface area contributed by atoms with Crippen molar-refractivity contribution in [1.82, 2.24) is 14.2 Å². The van der Waals surface area contributed by atoms with Gasteiger partial charge in [-0.3, -0.25) is 9.36 Å². The highest BCUT2D eigenvalue weighted by Crippen LogP contribution is 2.27. The Morgan fingerprint density at radius 3 is 2.45 bits per heavy atom. The van der Waals surface area contributed by atoms with E-state index < -0.39 is 10.0 Å². The summed E-state index contributed by atoms with van der Waals surface area (Å²) in [7, 11) is -3.10. The maximum atomic E-state index is 12.9. The van der Waals surface area contributed by atoms with Crippen LogP contribution in [0, 0.1) is 0 Å². The number of fused-ring (bicyclic) bond motifs is 1. The molecule has 0 atom stereocenters. The first-order valence-electron chi connectivity index (χ1n) is 12.9. The van der Waals surface area contributed by atoms with E-state index in [2.05, 4.69) is 29.6 Å². The molecule has 2 aromatic carbocycles. The minimum Gasteiger partial charge on any atom is -0.489 e. The zero-order valence-corrected chi connectivity index (χ0v) is 23.0. The van der Waals surface area contributed by atoms with Crippen LogP contribution in [0.4, 0.5) is 0 Å². The number of hydrogen-bond donors (Lipinski definition) is 1. The number of nitrogens with zero attached hydrogens (tertiary/aromatic N) is 2. The summed E-state index contributed by atoms with van der Waals surface area (Å²) in [6, 6.07) is 17.6. The van der Waals surface area contributed by atoms with Crippen molar-refractivity contribution < 1.29 is 13.2 Å². The summed E-state index contributed by atoms with van der Waals surface area (Å²) < 4.78 is 32.5. The molecule has 1 saturated heterocycles. The molecule has 2 aliphatic rings. The zero-order valence-electron chi connectivity index (χ0n) is 21.4. The molecule has 5 rings (SSSR count). The summed E-state index contributed by atoms with van der Waals surface area (Å²) in [6.45, 7) is 2.27. The highest BCUT2D eigenvalue weighted by Gasteiger charge is 2.24. The average molecular weight is 554 g/mol. The van der Waals surface area contributed by atoms with Gasteiger partial charge in [-0.05, 0) is 72.2 Å². The molecule has 0 saturated carbocycles. The number of sulfonamides is 1. The van der Waals surface area contributed by atoms with Crippen LogP contribution >= 0.6 is 11.6 Å². The number of ether oxygens (including phenoxy) is 1. The van der Waals surface area contributed by atoms with Crippen molar-refractivity contribution in [3.63, 3.8) is 0 Å². The molecule has 9 heteroatoms. The summed E-state index contributed by atoms with van der Waals surface area (Å²) in [5, 5.41) is 4.26. The Morgan fingerprint density at radius 2 is 1.74 bits per heavy atom. The van der Waals surface area contributed by atoms with Gasteiger partial charge in [0.1, 0.15) is 12.4 Å². The maximum absolute atomic E-state index is 12.9. The second-order valence-corrected chi connectivity index (χ2v) is 12.4. The number of aryl methyl sites for hydroxylation is 1. The van der Waals surface area contributed by atoms with Crippen molar-refractivity contribution in [2.45, 2.75) is 44.9 Å². The second kappa shape index (κ2) is 11.5. The molecule has 2 heterocycles. The number of halogens is 1. The van der Waals surface area contributed by atoms with Crippen molar-refractivity contribution in [2.24, 2.45) is 0 Å². The topological polar surface area (TPSA) is 80.6 Å². The number of benzene rings is 2. The number of allylic oxidation sites excluding steroid dienone is 1. The van der Waals surface area contributed by atoms with Gasteiger partial charge in [0.15, 0.2) is 0 Å². The Labute approximate surface area is 228 Å². The van der Waals surface area contributed by atoms with E-state index in [9.17, 15) is 13.2 Å². The average Bonchev–Trinajstić information content (AvgIpc) is 2.91. The SMILES string of the molecule is CS(=O)(=O)N1CCC(NCc2ccc3c(c2)CCC(n2ccc(OCc4ccc(Cl)cc4)cc2=O)=C3)CC1. The third-order valence-corrected chi connectivity index (χ3v) is 8.77. The summed E-state index contributed by atoms with van der Waals surface area (Å²) in [6.07, 6.45) is 8.43. The highest BCUT2D eigenvalue weighted by atomic mass is 35.5. The largest absolute Gasteiger partial charge is 0.489 e. The predicted molar refractivity (Wildman–Crippen MR) is 152 cm³/mol. The molecule has 1 aliphatic heterocycles. The standard InChI is InChI=1S/C29H32ClN3O4S/c1-38(35,36)32-13-10-26(11-14-32)31-19-22-2-5-24-17-27(9-6-23(24)16-22)33-15-12-28(18-29(33)34)37-20-21-3-7-25(30)8-4-21/h2-5,7-8,12,15-18,26,31H,6,9-11,13-14,19-20H2,1H3. The van der Waals surface area contributed by atoms with Crippen LogP contribution in [0.3, 0.4) is 0 Å². The number of nitrogens with one attached hydrogen (secondary N) is 1. The van der Waals surface area contributed by atoms with Gasteiger partial charge in [-0.25, -0.2) is 12.7 Å². The molecule has 7 nitrogen and oxygen atoms in total. The summed E-state index contributed by atoms with van der Waals surface area (Å²) >= 11 is 5.93. The monoisotopic (exact) mass is 553 g/mol. The molecule has 0 amide bonds. The Hall–Kier alpha value is -2.91. The highest BCUT2D eigenvalue weighted by molar-refractivity contribution is 7.88. The lowest BCUT2D eigenvalue weighted by Crippen LogP contribution is -2.44. The number of piperidine rings is 1. The molecular formula is C29H32ClN3O4S. The van der Waals surface area contributed by atoms with E-state index >= 15 is 0 Å². The Balaban J connectivity index is 1.19. The molecule has 38 heavy (non-hydrogen) atoms. The number of rotatable bonds is 8. The first kappa shape index (κ1) is 26.7. The molecule has 1 aromatic heterocycles. The lowest BCUT2D eigenvalue weighted by atomic mass is 9.93. The lowest BCUT2D eigenvalue weighted by Gasteiger charge is -2.30. The molecule has 1 N–H and O–H groups in total. The number of hydrogen-bond acceptors (Lipinski definition) is 5. The van der Waals surface area contributed by atoms with Crippen LogP contribution in [0.5, 0.6) is 5.75 Å². The molecule has 0 bridgehead atoms. The van der Waals surface area contributed by atoms with Crippen LogP contribution in [0.1, 0.15) is 41.5 Å². The molecule has 1 fully saturated rings. The minimum absolute atomic E-state index is 0.115. The van der Waals surface area contributed by atoms with Crippen LogP contribution < -0.4 is 15.6 Å². The molecule has 200 valence electrons. The Morgan fingerprint density at radius 1 is 1.00 bits per heavy atom. The van der Waals surface area contributed by atoms with Crippen LogP contribution in [0.2, 0.25) is 5.02 Å². The third kappa shape index (κ3) is 6.56. The van der Waals surface area contributed by atoms with E-state index in [0.29, 0.717) is 36.5 Å². The van der Waals surface area contributed by atoms with Crippen molar-refractivity contribution in [3.05, 3.63) is 98.4 Å². The number of aromatic nitrogens is 1. The number of pyridine rings is 1.